The molecule has 16 heavy (non-hydrogen) atoms. The highest BCUT2D eigenvalue weighted by Gasteiger charge is 2.06. The summed E-state index contributed by atoms with van der Waals surface area (Å²) in [4.78, 5) is 11.0. The summed E-state index contributed by atoms with van der Waals surface area (Å²) in [7, 11) is 1.48. The molecule has 0 aliphatic carbocycles. The van der Waals surface area contributed by atoms with Crippen molar-refractivity contribution in [2.24, 2.45) is 0 Å². The van der Waals surface area contributed by atoms with Crippen molar-refractivity contribution in [2.45, 2.75) is 0 Å². The lowest BCUT2D eigenvalue weighted by Gasteiger charge is -2.06. The second-order valence-corrected chi connectivity index (χ2v) is 3.30. The van der Waals surface area contributed by atoms with Gasteiger partial charge in [-0.1, -0.05) is 24.3 Å². The van der Waals surface area contributed by atoms with E-state index in [9.17, 15) is 9.90 Å². The lowest BCUT2D eigenvalue weighted by atomic mass is 10.1. The van der Waals surface area contributed by atoms with E-state index >= 15 is 0 Å². The molecule has 0 fully saturated rings. The number of aromatic hydroxyl groups is 1. The molecule has 82 valence electrons. The second kappa shape index (κ2) is 4.10. The first-order valence-electron chi connectivity index (χ1n) is 4.82. The lowest BCUT2D eigenvalue weighted by molar-refractivity contribution is 0.203. The standard InChI is InChI=1S/C12H11NO3/c1-13-12(15)16-9-6-8-4-2-3-5-10(8)11(14)7-9/h2-7,14H,1H3,(H,13,15). The van der Waals surface area contributed by atoms with E-state index in [1.54, 1.807) is 12.1 Å². The Bertz CT molecular complexity index is 537. The van der Waals surface area contributed by atoms with Gasteiger partial charge in [-0.25, -0.2) is 4.79 Å². The summed E-state index contributed by atoms with van der Waals surface area (Å²) in [5.41, 5.74) is 0. The molecule has 0 aromatic heterocycles. The van der Waals surface area contributed by atoms with E-state index in [1.807, 2.05) is 18.2 Å². The molecule has 4 nitrogen and oxygen atoms in total. The smallest absolute Gasteiger partial charge is 0.412 e. The Kier molecular flexibility index (Phi) is 2.64. The molecule has 0 saturated carbocycles. The fourth-order valence-corrected chi connectivity index (χ4v) is 1.48. The number of hydrogen-bond acceptors (Lipinski definition) is 3. The average molecular weight is 217 g/mol. The van der Waals surface area contributed by atoms with Gasteiger partial charge >= 0.3 is 6.09 Å². The molecule has 4 heteroatoms. The molecule has 0 spiro atoms. The van der Waals surface area contributed by atoms with Crippen LogP contribution >= 0.6 is 0 Å². The third-order valence-electron chi connectivity index (χ3n) is 2.23. The summed E-state index contributed by atoms with van der Waals surface area (Å²) < 4.78 is 4.94. The molecule has 0 unspecified atom stereocenters. The molecule has 0 bridgehead atoms. The van der Waals surface area contributed by atoms with Gasteiger partial charge in [0.1, 0.15) is 11.5 Å². The van der Waals surface area contributed by atoms with E-state index in [1.165, 1.54) is 13.1 Å². The molecule has 0 aliphatic heterocycles. The third kappa shape index (κ3) is 1.91. The van der Waals surface area contributed by atoms with Crippen LogP contribution in [0.25, 0.3) is 10.8 Å². The first-order valence-corrected chi connectivity index (χ1v) is 4.82. The van der Waals surface area contributed by atoms with E-state index in [4.69, 9.17) is 4.74 Å². The maximum atomic E-state index is 11.0. The lowest BCUT2D eigenvalue weighted by Crippen LogP contribution is -2.21. The highest BCUT2D eigenvalue weighted by Crippen LogP contribution is 2.29. The minimum absolute atomic E-state index is 0.0944. The van der Waals surface area contributed by atoms with Gasteiger partial charge in [-0.3, -0.25) is 0 Å². The van der Waals surface area contributed by atoms with Crippen LogP contribution in [-0.4, -0.2) is 18.2 Å². The number of rotatable bonds is 1. The van der Waals surface area contributed by atoms with Gasteiger partial charge in [-0.15, -0.1) is 0 Å². The van der Waals surface area contributed by atoms with Crippen molar-refractivity contribution in [2.75, 3.05) is 7.05 Å². The number of phenols is 1. The summed E-state index contributed by atoms with van der Waals surface area (Å²) in [6.45, 7) is 0. The van der Waals surface area contributed by atoms with Crippen molar-refractivity contribution in [3.05, 3.63) is 36.4 Å². The maximum absolute atomic E-state index is 11.0. The summed E-state index contributed by atoms with van der Waals surface area (Å²) in [5.74, 6) is 0.410. The summed E-state index contributed by atoms with van der Waals surface area (Å²) in [6.07, 6.45) is -0.560. The molecule has 2 N–H and O–H groups in total. The Balaban J connectivity index is 2.45. The molecule has 0 radical (unpaired) electrons. The van der Waals surface area contributed by atoms with Gasteiger partial charge < -0.3 is 15.2 Å². The second-order valence-electron chi connectivity index (χ2n) is 3.30. The number of carbonyl (C=O) groups is 1. The number of benzene rings is 2. The SMILES string of the molecule is CNC(=O)Oc1cc(O)c2ccccc2c1. The summed E-state index contributed by atoms with van der Waals surface area (Å²) in [6, 6.07) is 10.4. The number of ether oxygens (including phenoxy) is 1. The van der Waals surface area contributed by atoms with Gasteiger partial charge in [-0.2, -0.15) is 0 Å². The molecule has 2 rings (SSSR count). The first kappa shape index (κ1) is 10.3. The van der Waals surface area contributed by atoms with Crippen LogP contribution in [0.1, 0.15) is 0 Å². The van der Waals surface area contributed by atoms with Crippen LogP contribution in [-0.2, 0) is 0 Å². The van der Waals surface area contributed by atoms with Gasteiger partial charge in [0.05, 0.1) is 0 Å². The minimum atomic E-state index is -0.560. The zero-order chi connectivity index (χ0) is 11.5. The highest BCUT2D eigenvalue weighted by atomic mass is 16.6. The summed E-state index contributed by atoms with van der Waals surface area (Å²) in [5, 5.41) is 13.6. The van der Waals surface area contributed by atoms with Gasteiger partial charge in [0, 0.05) is 18.5 Å². The molecule has 0 heterocycles. The van der Waals surface area contributed by atoms with Crippen LogP contribution in [0, 0.1) is 0 Å². The Morgan fingerprint density at radius 2 is 2.06 bits per heavy atom. The number of hydrogen-bond donors (Lipinski definition) is 2. The van der Waals surface area contributed by atoms with Crippen molar-refractivity contribution >= 4 is 16.9 Å². The Morgan fingerprint density at radius 3 is 2.81 bits per heavy atom. The minimum Gasteiger partial charge on any atom is -0.507 e. The zero-order valence-corrected chi connectivity index (χ0v) is 8.73. The number of amides is 1. The third-order valence-corrected chi connectivity index (χ3v) is 2.23. The van der Waals surface area contributed by atoms with Crippen molar-refractivity contribution in [1.29, 1.82) is 0 Å². The monoisotopic (exact) mass is 217 g/mol. The molecule has 0 aliphatic rings. The van der Waals surface area contributed by atoms with Gasteiger partial charge in [0.25, 0.3) is 0 Å². The average Bonchev–Trinajstić information content (AvgIpc) is 2.29. The fourth-order valence-electron chi connectivity index (χ4n) is 1.48. The number of phenolic OH excluding ortho intramolecular Hbond substituents is 1. The predicted molar refractivity (Wildman–Crippen MR) is 60.7 cm³/mol. The van der Waals surface area contributed by atoms with Crippen molar-refractivity contribution in [3.63, 3.8) is 0 Å². The van der Waals surface area contributed by atoms with Gasteiger partial charge in [0.15, 0.2) is 0 Å². The predicted octanol–water partition coefficient (Wildman–Crippen LogP) is 2.26. The molecular formula is C12H11NO3. The molecule has 0 atom stereocenters. The van der Waals surface area contributed by atoms with Gasteiger partial charge in [0.2, 0.25) is 0 Å². The van der Waals surface area contributed by atoms with Crippen molar-refractivity contribution in [1.82, 2.24) is 5.32 Å². The first-order chi connectivity index (χ1) is 7.70. The normalized spacial score (nSPS) is 10.1. The Labute approximate surface area is 92.5 Å². The van der Waals surface area contributed by atoms with Crippen molar-refractivity contribution in [3.8, 4) is 11.5 Å². The van der Waals surface area contributed by atoms with Crippen LogP contribution in [0.5, 0.6) is 11.5 Å². The topological polar surface area (TPSA) is 58.6 Å². The van der Waals surface area contributed by atoms with Crippen LogP contribution in [0.3, 0.4) is 0 Å². The summed E-state index contributed by atoms with van der Waals surface area (Å²) >= 11 is 0. The van der Waals surface area contributed by atoms with E-state index in [0.717, 1.165) is 10.8 Å². The van der Waals surface area contributed by atoms with Gasteiger partial charge in [-0.05, 0) is 11.5 Å². The quantitative estimate of drug-likeness (QED) is 0.770. The Morgan fingerprint density at radius 1 is 1.31 bits per heavy atom. The molecule has 1 amide bonds. The van der Waals surface area contributed by atoms with Crippen molar-refractivity contribution < 1.29 is 14.6 Å². The fraction of sp³-hybridized carbons (Fsp3) is 0.0833. The van der Waals surface area contributed by atoms with Crippen LogP contribution < -0.4 is 10.1 Å². The largest absolute Gasteiger partial charge is 0.507 e. The van der Waals surface area contributed by atoms with Crippen LogP contribution in [0.4, 0.5) is 4.79 Å². The molecular weight excluding hydrogens is 206 g/mol. The zero-order valence-electron chi connectivity index (χ0n) is 8.73. The molecule has 2 aromatic carbocycles. The van der Waals surface area contributed by atoms with E-state index in [-0.39, 0.29) is 5.75 Å². The highest BCUT2D eigenvalue weighted by molar-refractivity contribution is 5.90. The van der Waals surface area contributed by atoms with Crippen LogP contribution in [0.15, 0.2) is 36.4 Å². The molecule has 2 aromatic rings. The number of fused-ring (bicyclic) bond motifs is 1. The Hall–Kier alpha value is -2.23. The van der Waals surface area contributed by atoms with Crippen LogP contribution in [0.2, 0.25) is 0 Å². The van der Waals surface area contributed by atoms with E-state index < -0.39 is 6.09 Å². The number of nitrogens with one attached hydrogen (secondary N) is 1. The van der Waals surface area contributed by atoms with E-state index in [2.05, 4.69) is 5.32 Å². The number of carbonyl (C=O) groups excluding carboxylic acids is 1. The molecule has 0 saturated heterocycles. The van der Waals surface area contributed by atoms with E-state index in [0.29, 0.717) is 5.75 Å². The maximum Gasteiger partial charge on any atom is 0.412 e.